The molecule has 0 radical (unpaired) electrons. The fraction of sp³-hybridized carbons (Fsp3) is 0.522. The number of hydrogen-bond donors (Lipinski definition) is 1. The van der Waals surface area contributed by atoms with E-state index in [9.17, 15) is 13.2 Å². The summed E-state index contributed by atoms with van der Waals surface area (Å²) in [6.45, 7) is 2.76. The molecule has 0 aliphatic carbocycles. The van der Waals surface area contributed by atoms with E-state index in [4.69, 9.17) is 21.6 Å². The number of anilines is 1. The number of rotatable bonds is 7. The Labute approximate surface area is 204 Å². The highest BCUT2D eigenvalue weighted by Crippen LogP contribution is 2.26. The smallest absolute Gasteiger partial charge is 0.287 e. The molecule has 3 heterocycles. The van der Waals surface area contributed by atoms with Crippen LogP contribution in [0.1, 0.15) is 42.9 Å². The minimum Gasteiger partial charge on any atom is -0.382 e. The number of aromatic nitrogens is 2. The lowest BCUT2D eigenvalue weighted by Gasteiger charge is -2.31. The summed E-state index contributed by atoms with van der Waals surface area (Å²) in [6.07, 6.45) is 4.62. The maximum atomic E-state index is 12.9. The van der Waals surface area contributed by atoms with Crippen LogP contribution < -0.4 is 10.9 Å². The van der Waals surface area contributed by atoms with Crippen LogP contribution in [0.4, 0.5) is 5.69 Å². The van der Waals surface area contributed by atoms with E-state index >= 15 is 0 Å². The van der Waals surface area contributed by atoms with Gasteiger partial charge in [-0.1, -0.05) is 23.7 Å². The molecule has 0 saturated carbocycles. The highest BCUT2D eigenvalue weighted by Gasteiger charge is 2.30. The Morgan fingerprint density at radius 1 is 1.21 bits per heavy atom. The second-order valence-corrected chi connectivity index (χ2v) is 11.1. The highest BCUT2D eigenvalue weighted by molar-refractivity contribution is 7.88. The van der Waals surface area contributed by atoms with Gasteiger partial charge in [0.05, 0.1) is 41.9 Å². The molecule has 1 aromatic heterocycles. The quantitative estimate of drug-likeness (QED) is 0.614. The van der Waals surface area contributed by atoms with E-state index in [1.54, 1.807) is 30.5 Å². The number of piperidine rings is 1. The first-order valence-corrected chi connectivity index (χ1v) is 13.4. The number of halogens is 1. The minimum atomic E-state index is -3.51. The fourth-order valence-corrected chi connectivity index (χ4v) is 6.16. The average molecular weight is 506 g/mol. The van der Waals surface area contributed by atoms with Crippen LogP contribution in [0.25, 0.3) is 0 Å². The van der Waals surface area contributed by atoms with Crippen molar-refractivity contribution in [3.8, 4) is 6.07 Å². The number of hydrogen-bond acceptors (Lipinski definition) is 7. The van der Waals surface area contributed by atoms with Gasteiger partial charge in [0.25, 0.3) is 5.56 Å². The lowest BCUT2D eigenvalue weighted by Crippen LogP contribution is -2.42. The third-order valence-corrected chi connectivity index (χ3v) is 8.59. The molecule has 0 bridgehead atoms. The number of nitrogens with zero attached hydrogens (tertiary/aromatic N) is 4. The van der Waals surface area contributed by atoms with E-state index < -0.39 is 10.0 Å². The SMILES string of the molecule is N#Cc1ccc(CS(=O)(=O)N2CCC(n3ncc(NC[C@@H]4CCCOC4)c(Cl)c3=O)CC2)cc1. The maximum absolute atomic E-state index is 12.9. The first kappa shape index (κ1) is 24.7. The lowest BCUT2D eigenvalue weighted by molar-refractivity contribution is 0.0595. The van der Waals surface area contributed by atoms with Crippen LogP contribution in [-0.4, -0.2) is 55.4 Å². The zero-order chi connectivity index (χ0) is 24.1. The topological polar surface area (TPSA) is 117 Å². The lowest BCUT2D eigenvalue weighted by atomic mass is 10.0. The summed E-state index contributed by atoms with van der Waals surface area (Å²) in [6, 6.07) is 8.35. The Morgan fingerprint density at radius 2 is 1.94 bits per heavy atom. The van der Waals surface area contributed by atoms with Crippen molar-refractivity contribution in [1.82, 2.24) is 14.1 Å². The van der Waals surface area contributed by atoms with Gasteiger partial charge in [0.2, 0.25) is 10.0 Å². The summed E-state index contributed by atoms with van der Waals surface area (Å²) in [4.78, 5) is 12.9. The molecule has 2 aliphatic heterocycles. The monoisotopic (exact) mass is 505 g/mol. The predicted molar refractivity (Wildman–Crippen MR) is 129 cm³/mol. The number of sulfonamides is 1. The molecule has 4 rings (SSSR count). The molecule has 0 unspecified atom stereocenters. The molecule has 1 N–H and O–H groups in total. The summed E-state index contributed by atoms with van der Waals surface area (Å²) in [7, 11) is -3.51. The van der Waals surface area contributed by atoms with Crippen molar-refractivity contribution >= 4 is 27.3 Å². The molecule has 1 atom stereocenters. The van der Waals surface area contributed by atoms with Crippen molar-refractivity contribution in [2.75, 3.05) is 38.2 Å². The van der Waals surface area contributed by atoms with E-state index in [1.807, 2.05) is 6.07 Å². The first-order chi connectivity index (χ1) is 16.4. The summed E-state index contributed by atoms with van der Waals surface area (Å²) >= 11 is 6.35. The Kier molecular flexibility index (Phi) is 7.88. The zero-order valence-corrected chi connectivity index (χ0v) is 20.4. The van der Waals surface area contributed by atoms with Gasteiger partial charge in [-0.05, 0) is 49.3 Å². The van der Waals surface area contributed by atoms with Crippen molar-refractivity contribution in [3.63, 3.8) is 0 Å². The predicted octanol–water partition coefficient (Wildman–Crippen LogP) is 2.77. The molecule has 2 aromatic rings. The van der Waals surface area contributed by atoms with Gasteiger partial charge in [-0.3, -0.25) is 4.79 Å². The van der Waals surface area contributed by atoms with Gasteiger partial charge in [-0.15, -0.1) is 0 Å². The molecule has 9 nitrogen and oxygen atoms in total. The van der Waals surface area contributed by atoms with Gasteiger partial charge in [0.1, 0.15) is 5.02 Å². The number of benzene rings is 1. The zero-order valence-electron chi connectivity index (χ0n) is 18.8. The van der Waals surface area contributed by atoms with Crippen LogP contribution >= 0.6 is 11.6 Å². The Morgan fingerprint density at radius 3 is 2.59 bits per heavy atom. The second kappa shape index (κ2) is 10.9. The summed E-state index contributed by atoms with van der Waals surface area (Å²) in [5, 5.41) is 16.5. The van der Waals surface area contributed by atoms with Gasteiger partial charge in [0.15, 0.2) is 0 Å². The molecule has 1 aromatic carbocycles. The fourth-order valence-electron chi connectivity index (χ4n) is 4.39. The number of nitrogens with one attached hydrogen (secondary N) is 1. The van der Waals surface area contributed by atoms with Crippen molar-refractivity contribution in [2.45, 2.75) is 37.5 Å². The van der Waals surface area contributed by atoms with Crippen molar-refractivity contribution in [2.24, 2.45) is 5.92 Å². The highest BCUT2D eigenvalue weighted by atomic mass is 35.5. The van der Waals surface area contributed by atoms with Crippen molar-refractivity contribution in [1.29, 1.82) is 5.26 Å². The molecule has 2 saturated heterocycles. The van der Waals surface area contributed by atoms with E-state index in [0.717, 1.165) is 19.4 Å². The third kappa shape index (κ3) is 5.78. The molecule has 0 spiro atoms. The van der Waals surface area contributed by atoms with Gasteiger partial charge < -0.3 is 10.1 Å². The molecule has 34 heavy (non-hydrogen) atoms. The molecule has 182 valence electrons. The summed E-state index contributed by atoms with van der Waals surface area (Å²) in [5.74, 6) is 0.252. The average Bonchev–Trinajstić information content (AvgIpc) is 2.86. The minimum absolute atomic E-state index is 0.0996. The summed E-state index contributed by atoms with van der Waals surface area (Å²) in [5.41, 5.74) is 1.26. The number of ether oxygens (including phenoxy) is 1. The van der Waals surface area contributed by atoms with Crippen LogP contribution in [0.3, 0.4) is 0 Å². The Balaban J connectivity index is 1.36. The third-order valence-electron chi connectivity index (χ3n) is 6.37. The summed E-state index contributed by atoms with van der Waals surface area (Å²) < 4.78 is 34.0. The van der Waals surface area contributed by atoms with Crippen molar-refractivity contribution < 1.29 is 13.2 Å². The van der Waals surface area contributed by atoms with Crippen LogP contribution in [0.5, 0.6) is 0 Å². The Bertz CT molecular complexity index is 1200. The molecular weight excluding hydrogens is 478 g/mol. The van der Waals surface area contributed by atoms with E-state index in [-0.39, 0.29) is 22.4 Å². The van der Waals surface area contributed by atoms with Gasteiger partial charge in [0, 0.05) is 26.2 Å². The normalized spacial score (nSPS) is 20.1. The van der Waals surface area contributed by atoms with Crippen LogP contribution in [0, 0.1) is 17.2 Å². The molecule has 2 aliphatic rings. The van der Waals surface area contributed by atoms with Crippen LogP contribution in [-0.2, 0) is 20.5 Å². The molecular formula is C23H28ClN5O4S. The van der Waals surface area contributed by atoms with E-state index in [0.29, 0.717) is 61.8 Å². The Hall–Kier alpha value is -2.45. The van der Waals surface area contributed by atoms with Gasteiger partial charge in [-0.2, -0.15) is 10.4 Å². The van der Waals surface area contributed by atoms with Gasteiger partial charge in [-0.25, -0.2) is 17.4 Å². The largest absolute Gasteiger partial charge is 0.382 e. The second-order valence-electron chi connectivity index (χ2n) is 8.78. The van der Waals surface area contributed by atoms with Gasteiger partial charge >= 0.3 is 0 Å². The molecule has 11 heteroatoms. The standard InChI is InChI=1S/C23H28ClN5O4S/c24-22-21(26-13-19-2-1-11-33-15-19)14-27-29(23(22)30)20-7-9-28(10-8-20)34(31,32)16-18-5-3-17(12-25)4-6-18/h3-6,14,19-20,26H,1-2,7-11,13,15-16H2/t19-/m0/s1. The van der Waals surface area contributed by atoms with Crippen LogP contribution in [0.15, 0.2) is 35.3 Å². The first-order valence-electron chi connectivity index (χ1n) is 11.4. The van der Waals surface area contributed by atoms with Crippen molar-refractivity contribution in [3.05, 3.63) is 57.0 Å². The number of nitriles is 1. The molecule has 0 amide bonds. The molecule has 2 fully saturated rings. The van der Waals surface area contributed by atoms with Crippen LogP contribution in [0.2, 0.25) is 5.02 Å². The maximum Gasteiger partial charge on any atom is 0.287 e. The van der Waals surface area contributed by atoms with E-state index in [2.05, 4.69) is 10.4 Å². The van der Waals surface area contributed by atoms with E-state index in [1.165, 1.54) is 8.99 Å².